The molecule has 0 bridgehead atoms. The third kappa shape index (κ3) is 4.45. The summed E-state index contributed by atoms with van der Waals surface area (Å²) in [5, 5.41) is 5.73. The molecule has 0 aliphatic rings. The van der Waals surface area contributed by atoms with Gasteiger partial charge in [0.25, 0.3) is 5.91 Å². The van der Waals surface area contributed by atoms with Gasteiger partial charge < -0.3 is 4.98 Å². The van der Waals surface area contributed by atoms with E-state index in [0.29, 0.717) is 17.7 Å². The van der Waals surface area contributed by atoms with Gasteiger partial charge in [0.1, 0.15) is 5.69 Å². The highest BCUT2D eigenvalue weighted by Gasteiger charge is 2.19. The van der Waals surface area contributed by atoms with Gasteiger partial charge in [0.05, 0.1) is 11.3 Å². The third-order valence-corrected chi connectivity index (χ3v) is 5.64. The molecule has 34 heavy (non-hydrogen) atoms. The Morgan fingerprint density at radius 1 is 0.853 bits per heavy atom. The second kappa shape index (κ2) is 9.46. The Hall–Kier alpha value is -4.65. The van der Waals surface area contributed by atoms with E-state index in [4.69, 9.17) is 0 Å². The molecule has 2 aromatic heterocycles. The van der Waals surface area contributed by atoms with Gasteiger partial charge in [0.2, 0.25) is 5.91 Å². The van der Waals surface area contributed by atoms with Crippen molar-refractivity contribution in [1.29, 1.82) is 0 Å². The molecule has 0 unspecified atom stereocenters. The van der Waals surface area contributed by atoms with Crippen LogP contribution in [0.5, 0.6) is 0 Å². The Labute approximate surface area is 196 Å². The highest BCUT2D eigenvalue weighted by atomic mass is 16.2. The zero-order valence-corrected chi connectivity index (χ0v) is 18.4. The van der Waals surface area contributed by atoms with Crippen LogP contribution in [0.4, 0.5) is 0 Å². The van der Waals surface area contributed by atoms with E-state index in [1.807, 2.05) is 91.1 Å². The summed E-state index contributed by atoms with van der Waals surface area (Å²) in [6.07, 6.45) is 4.40. The van der Waals surface area contributed by atoms with Gasteiger partial charge in [-0.2, -0.15) is 5.10 Å². The first-order valence-corrected chi connectivity index (χ1v) is 11.0. The van der Waals surface area contributed by atoms with Gasteiger partial charge in [-0.1, -0.05) is 66.7 Å². The molecule has 7 nitrogen and oxygen atoms in total. The van der Waals surface area contributed by atoms with Gasteiger partial charge in [0, 0.05) is 35.3 Å². The Morgan fingerprint density at radius 3 is 2.35 bits per heavy atom. The summed E-state index contributed by atoms with van der Waals surface area (Å²) in [4.78, 5) is 28.7. The van der Waals surface area contributed by atoms with Crippen molar-refractivity contribution in [3.8, 4) is 16.9 Å². The van der Waals surface area contributed by atoms with Crippen LogP contribution in [-0.4, -0.2) is 26.6 Å². The first-order valence-electron chi connectivity index (χ1n) is 11.0. The van der Waals surface area contributed by atoms with E-state index in [2.05, 4.69) is 20.9 Å². The molecule has 0 saturated carbocycles. The number of aryl methyl sites for hydroxylation is 1. The third-order valence-electron chi connectivity index (χ3n) is 5.64. The zero-order valence-electron chi connectivity index (χ0n) is 18.4. The normalized spacial score (nSPS) is 10.8. The maximum absolute atomic E-state index is 13.0. The summed E-state index contributed by atoms with van der Waals surface area (Å²) in [6, 6.07) is 27.0. The minimum absolute atomic E-state index is 0.247. The SMILES string of the molecule is O=C(CCc1c[nH]c2ccccc12)NNC(=O)c1cn(-c2ccccc2)nc1-c1ccccc1. The number of H-pyrrole nitrogens is 1. The van der Waals surface area contributed by atoms with Crippen LogP contribution < -0.4 is 10.9 Å². The Kier molecular flexibility index (Phi) is 5.90. The molecule has 3 aromatic carbocycles. The minimum atomic E-state index is -0.429. The summed E-state index contributed by atoms with van der Waals surface area (Å²) in [5.74, 6) is -0.697. The number of carbonyl (C=O) groups excluding carboxylic acids is 2. The number of para-hydroxylation sites is 2. The van der Waals surface area contributed by atoms with Crippen LogP contribution in [0.1, 0.15) is 22.3 Å². The van der Waals surface area contributed by atoms with E-state index in [-0.39, 0.29) is 12.3 Å². The molecular formula is C27H23N5O2. The number of amides is 2. The van der Waals surface area contributed by atoms with Crippen molar-refractivity contribution < 1.29 is 9.59 Å². The number of hydrogen-bond donors (Lipinski definition) is 3. The lowest BCUT2D eigenvalue weighted by atomic mass is 10.1. The predicted molar refractivity (Wildman–Crippen MR) is 131 cm³/mol. The molecule has 5 rings (SSSR count). The molecule has 3 N–H and O–H groups in total. The highest BCUT2D eigenvalue weighted by Crippen LogP contribution is 2.23. The average molecular weight is 450 g/mol. The van der Waals surface area contributed by atoms with Crippen LogP contribution in [0.3, 0.4) is 0 Å². The van der Waals surface area contributed by atoms with Crippen molar-refractivity contribution in [1.82, 2.24) is 25.6 Å². The van der Waals surface area contributed by atoms with Gasteiger partial charge in [-0.15, -0.1) is 0 Å². The molecule has 168 valence electrons. The fraction of sp³-hybridized carbons (Fsp3) is 0.0741. The van der Waals surface area contributed by atoms with Crippen LogP contribution in [-0.2, 0) is 11.2 Å². The smallest absolute Gasteiger partial charge is 0.273 e. The molecule has 7 heteroatoms. The highest BCUT2D eigenvalue weighted by molar-refractivity contribution is 6.00. The second-order valence-electron chi connectivity index (χ2n) is 7.90. The molecule has 0 radical (unpaired) electrons. The second-order valence-corrected chi connectivity index (χ2v) is 7.90. The number of aromatic nitrogens is 3. The number of carbonyl (C=O) groups is 2. The first kappa shape index (κ1) is 21.2. The van der Waals surface area contributed by atoms with Crippen LogP contribution >= 0.6 is 0 Å². The number of aromatic amines is 1. The van der Waals surface area contributed by atoms with Crippen molar-refractivity contribution in [2.75, 3.05) is 0 Å². The molecule has 0 atom stereocenters. The van der Waals surface area contributed by atoms with Gasteiger partial charge >= 0.3 is 0 Å². The monoisotopic (exact) mass is 449 g/mol. The molecule has 2 amide bonds. The average Bonchev–Trinajstić information content (AvgIpc) is 3.52. The Bertz CT molecular complexity index is 1440. The summed E-state index contributed by atoms with van der Waals surface area (Å²) in [7, 11) is 0. The number of nitrogens with zero attached hydrogens (tertiary/aromatic N) is 2. The lowest BCUT2D eigenvalue weighted by molar-refractivity contribution is -0.121. The van der Waals surface area contributed by atoms with Gasteiger partial charge in [0.15, 0.2) is 0 Å². The van der Waals surface area contributed by atoms with Gasteiger partial charge in [-0.25, -0.2) is 4.68 Å². The zero-order chi connectivity index (χ0) is 23.3. The fourth-order valence-electron chi connectivity index (χ4n) is 3.91. The number of rotatable bonds is 6. The van der Waals surface area contributed by atoms with Crippen molar-refractivity contribution in [2.24, 2.45) is 0 Å². The number of fused-ring (bicyclic) bond motifs is 1. The van der Waals surface area contributed by atoms with Crippen molar-refractivity contribution >= 4 is 22.7 Å². The molecule has 2 heterocycles. The fourth-order valence-corrected chi connectivity index (χ4v) is 3.91. The van der Waals surface area contributed by atoms with Crippen LogP contribution in [0.25, 0.3) is 27.8 Å². The van der Waals surface area contributed by atoms with E-state index in [9.17, 15) is 9.59 Å². The number of nitrogens with one attached hydrogen (secondary N) is 3. The Morgan fingerprint density at radius 2 is 1.56 bits per heavy atom. The lowest BCUT2D eigenvalue weighted by Crippen LogP contribution is -2.41. The van der Waals surface area contributed by atoms with Gasteiger partial charge in [-0.3, -0.25) is 20.4 Å². The number of hydrogen-bond acceptors (Lipinski definition) is 3. The van der Waals surface area contributed by atoms with Crippen LogP contribution in [0.15, 0.2) is 97.3 Å². The molecular weight excluding hydrogens is 426 g/mol. The maximum Gasteiger partial charge on any atom is 0.273 e. The molecule has 0 aliphatic heterocycles. The summed E-state index contributed by atoms with van der Waals surface area (Å²) < 4.78 is 1.66. The van der Waals surface area contributed by atoms with Crippen molar-refractivity contribution in [3.05, 3.63) is 108 Å². The van der Waals surface area contributed by atoms with E-state index in [1.165, 1.54) is 0 Å². The van der Waals surface area contributed by atoms with Gasteiger partial charge in [-0.05, 0) is 30.2 Å². The van der Waals surface area contributed by atoms with Crippen LogP contribution in [0, 0.1) is 0 Å². The molecule has 0 fully saturated rings. The maximum atomic E-state index is 13.0. The molecule has 0 spiro atoms. The first-order chi connectivity index (χ1) is 16.7. The minimum Gasteiger partial charge on any atom is -0.361 e. The number of hydrazine groups is 1. The van der Waals surface area contributed by atoms with E-state index in [1.54, 1.807) is 10.9 Å². The standard InChI is InChI=1S/C27H23N5O2/c33-25(16-15-20-17-28-24-14-8-7-13-22(20)24)29-30-27(34)23-18-32(21-11-5-2-6-12-21)31-26(23)19-9-3-1-4-10-19/h1-14,17-18,28H,15-16H2,(H,29,33)(H,30,34). The van der Waals surface area contributed by atoms with E-state index < -0.39 is 5.91 Å². The number of benzene rings is 3. The largest absolute Gasteiger partial charge is 0.361 e. The van der Waals surface area contributed by atoms with E-state index in [0.717, 1.165) is 27.7 Å². The summed E-state index contributed by atoms with van der Waals surface area (Å²) >= 11 is 0. The van der Waals surface area contributed by atoms with Crippen molar-refractivity contribution in [3.63, 3.8) is 0 Å². The molecule has 5 aromatic rings. The molecule has 0 aliphatic carbocycles. The molecule has 0 saturated heterocycles. The topological polar surface area (TPSA) is 91.8 Å². The summed E-state index contributed by atoms with van der Waals surface area (Å²) in [6.45, 7) is 0. The van der Waals surface area contributed by atoms with Crippen LogP contribution in [0.2, 0.25) is 0 Å². The predicted octanol–water partition coefficient (Wildman–Crippen LogP) is 4.41. The summed E-state index contributed by atoms with van der Waals surface area (Å²) in [5.41, 5.74) is 9.73. The Balaban J connectivity index is 1.29. The van der Waals surface area contributed by atoms with Crippen molar-refractivity contribution in [2.45, 2.75) is 12.8 Å². The quantitative estimate of drug-likeness (QED) is 0.335. The lowest BCUT2D eigenvalue weighted by Gasteiger charge is -2.07. The van der Waals surface area contributed by atoms with E-state index >= 15 is 0 Å².